The Morgan fingerprint density at radius 1 is 0.759 bits per heavy atom. The largest absolute Gasteiger partial charge is 0.497 e. The first-order valence-corrected chi connectivity index (χ1v) is 9.28. The summed E-state index contributed by atoms with van der Waals surface area (Å²) in [6.45, 7) is 0.640. The summed E-state index contributed by atoms with van der Waals surface area (Å²) >= 11 is 0. The van der Waals surface area contributed by atoms with Gasteiger partial charge in [-0.3, -0.25) is 4.79 Å². The number of carbonyl (C=O) groups is 2. The SMILES string of the molecule is COc1ccc(C(=O)NCCNC(=O)Nc2ccc(-c3ccccc3)cc2)cc1. The first-order chi connectivity index (χ1) is 14.2. The topological polar surface area (TPSA) is 79.5 Å². The number of anilines is 1. The zero-order valence-electron chi connectivity index (χ0n) is 16.1. The van der Waals surface area contributed by atoms with Crippen LogP contribution in [0.1, 0.15) is 10.4 Å². The van der Waals surface area contributed by atoms with Crippen LogP contribution in [0.5, 0.6) is 5.75 Å². The Labute approximate surface area is 169 Å². The van der Waals surface area contributed by atoms with Crippen molar-refractivity contribution in [2.24, 2.45) is 0 Å². The molecule has 0 unspecified atom stereocenters. The van der Waals surface area contributed by atoms with E-state index in [9.17, 15) is 9.59 Å². The van der Waals surface area contributed by atoms with Gasteiger partial charge < -0.3 is 20.7 Å². The zero-order valence-corrected chi connectivity index (χ0v) is 16.1. The van der Waals surface area contributed by atoms with E-state index >= 15 is 0 Å². The fourth-order valence-electron chi connectivity index (χ4n) is 2.75. The maximum absolute atomic E-state index is 12.0. The van der Waals surface area contributed by atoms with Gasteiger partial charge in [-0.15, -0.1) is 0 Å². The minimum atomic E-state index is -0.323. The van der Waals surface area contributed by atoms with E-state index in [-0.39, 0.29) is 11.9 Å². The first-order valence-electron chi connectivity index (χ1n) is 9.28. The second-order valence-corrected chi connectivity index (χ2v) is 6.31. The third-order valence-electron chi connectivity index (χ3n) is 4.30. The van der Waals surface area contributed by atoms with E-state index in [0.717, 1.165) is 11.1 Å². The summed E-state index contributed by atoms with van der Waals surface area (Å²) in [6.07, 6.45) is 0. The molecule has 0 saturated heterocycles. The third kappa shape index (κ3) is 5.84. The van der Waals surface area contributed by atoms with Crippen molar-refractivity contribution in [3.8, 4) is 16.9 Å². The quantitative estimate of drug-likeness (QED) is 0.536. The molecule has 3 aromatic carbocycles. The number of amides is 3. The van der Waals surface area contributed by atoms with E-state index in [1.54, 1.807) is 31.4 Å². The predicted molar refractivity (Wildman–Crippen MR) is 114 cm³/mol. The van der Waals surface area contributed by atoms with Gasteiger partial charge >= 0.3 is 6.03 Å². The van der Waals surface area contributed by atoms with E-state index in [1.807, 2.05) is 54.6 Å². The highest BCUT2D eigenvalue weighted by atomic mass is 16.5. The molecule has 0 aliphatic rings. The summed E-state index contributed by atoms with van der Waals surface area (Å²) in [6, 6.07) is 24.2. The van der Waals surface area contributed by atoms with E-state index in [1.165, 1.54) is 0 Å². The highest BCUT2D eigenvalue weighted by Gasteiger charge is 2.06. The molecule has 29 heavy (non-hydrogen) atoms. The molecule has 3 amide bonds. The van der Waals surface area contributed by atoms with Gasteiger partial charge in [0.15, 0.2) is 0 Å². The van der Waals surface area contributed by atoms with Gasteiger partial charge in [0.2, 0.25) is 0 Å². The molecule has 0 fully saturated rings. The molecule has 6 heteroatoms. The van der Waals surface area contributed by atoms with Gasteiger partial charge in [0.25, 0.3) is 5.91 Å². The van der Waals surface area contributed by atoms with Gasteiger partial charge in [0, 0.05) is 24.3 Å². The van der Waals surface area contributed by atoms with Crippen molar-refractivity contribution in [1.82, 2.24) is 10.6 Å². The van der Waals surface area contributed by atoms with Crippen molar-refractivity contribution in [2.45, 2.75) is 0 Å². The Kier molecular flexibility index (Phi) is 6.84. The second kappa shape index (κ2) is 9.94. The zero-order chi connectivity index (χ0) is 20.5. The lowest BCUT2D eigenvalue weighted by Crippen LogP contribution is -2.36. The number of benzene rings is 3. The van der Waals surface area contributed by atoms with Gasteiger partial charge in [-0.05, 0) is 47.5 Å². The van der Waals surface area contributed by atoms with Crippen molar-refractivity contribution in [1.29, 1.82) is 0 Å². The lowest BCUT2D eigenvalue weighted by atomic mass is 10.1. The predicted octanol–water partition coefficient (Wildman–Crippen LogP) is 3.91. The Hall–Kier alpha value is -3.80. The standard InChI is InChI=1S/C23H23N3O3/c1-29-21-13-9-19(10-14-21)22(27)24-15-16-25-23(28)26-20-11-7-18(8-12-20)17-5-3-2-4-6-17/h2-14H,15-16H2,1H3,(H,24,27)(H2,25,26,28). The number of hydrogen-bond acceptors (Lipinski definition) is 3. The summed E-state index contributed by atoms with van der Waals surface area (Å²) in [4.78, 5) is 24.1. The van der Waals surface area contributed by atoms with Gasteiger partial charge in [-0.1, -0.05) is 42.5 Å². The smallest absolute Gasteiger partial charge is 0.319 e. The molecule has 3 aromatic rings. The van der Waals surface area contributed by atoms with Crippen LogP contribution in [-0.4, -0.2) is 32.1 Å². The number of urea groups is 1. The van der Waals surface area contributed by atoms with Gasteiger partial charge in [-0.2, -0.15) is 0 Å². The molecule has 0 aromatic heterocycles. The molecule has 148 valence electrons. The van der Waals surface area contributed by atoms with Gasteiger partial charge in [0.05, 0.1) is 7.11 Å². The van der Waals surface area contributed by atoms with Gasteiger partial charge in [0.1, 0.15) is 5.75 Å². The van der Waals surface area contributed by atoms with Crippen molar-refractivity contribution >= 4 is 17.6 Å². The van der Waals surface area contributed by atoms with Gasteiger partial charge in [-0.25, -0.2) is 4.79 Å². The van der Waals surface area contributed by atoms with Crippen LogP contribution in [0.15, 0.2) is 78.9 Å². The van der Waals surface area contributed by atoms with Crippen LogP contribution in [0.4, 0.5) is 10.5 Å². The molecule has 0 atom stereocenters. The average molecular weight is 389 g/mol. The monoisotopic (exact) mass is 389 g/mol. The normalized spacial score (nSPS) is 10.1. The summed E-state index contributed by atoms with van der Waals surface area (Å²) in [7, 11) is 1.57. The molecule has 0 radical (unpaired) electrons. The molecular weight excluding hydrogens is 366 g/mol. The third-order valence-corrected chi connectivity index (χ3v) is 4.30. The molecule has 3 N–H and O–H groups in total. The van der Waals surface area contributed by atoms with E-state index < -0.39 is 0 Å². The lowest BCUT2D eigenvalue weighted by Gasteiger charge is -2.10. The van der Waals surface area contributed by atoms with Crippen LogP contribution in [0.3, 0.4) is 0 Å². The summed E-state index contributed by atoms with van der Waals surface area (Å²) in [5, 5.41) is 8.25. The highest BCUT2D eigenvalue weighted by molar-refractivity contribution is 5.94. The average Bonchev–Trinajstić information content (AvgIpc) is 2.78. The Morgan fingerprint density at radius 2 is 1.38 bits per heavy atom. The molecular formula is C23H23N3O3. The van der Waals surface area contributed by atoms with Crippen molar-refractivity contribution in [3.63, 3.8) is 0 Å². The fraction of sp³-hybridized carbons (Fsp3) is 0.130. The van der Waals surface area contributed by atoms with Crippen molar-refractivity contribution in [3.05, 3.63) is 84.4 Å². The van der Waals surface area contributed by atoms with Crippen LogP contribution in [-0.2, 0) is 0 Å². The molecule has 0 aliphatic heterocycles. The molecule has 3 rings (SSSR count). The highest BCUT2D eigenvalue weighted by Crippen LogP contribution is 2.20. The minimum absolute atomic E-state index is 0.202. The molecule has 0 heterocycles. The molecule has 0 spiro atoms. The molecule has 6 nitrogen and oxygen atoms in total. The van der Waals surface area contributed by atoms with E-state index in [2.05, 4.69) is 16.0 Å². The summed E-state index contributed by atoms with van der Waals surface area (Å²) < 4.78 is 5.07. The van der Waals surface area contributed by atoms with Crippen LogP contribution in [0.25, 0.3) is 11.1 Å². The van der Waals surface area contributed by atoms with Crippen LogP contribution in [0.2, 0.25) is 0 Å². The second-order valence-electron chi connectivity index (χ2n) is 6.31. The van der Waals surface area contributed by atoms with Crippen molar-refractivity contribution < 1.29 is 14.3 Å². The van der Waals surface area contributed by atoms with Crippen LogP contribution < -0.4 is 20.7 Å². The molecule has 0 bridgehead atoms. The maximum atomic E-state index is 12.0. The number of ether oxygens (including phenoxy) is 1. The Bertz CT molecular complexity index is 939. The van der Waals surface area contributed by atoms with Crippen molar-refractivity contribution in [2.75, 3.05) is 25.5 Å². The minimum Gasteiger partial charge on any atom is -0.497 e. The van der Waals surface area contributed by atoms with E-state index in [0.29, 0.717) is 30.1 Å². The van der Waals surface area contributed by atoms with Crippen LogP contribution in [0, 0.1) is 0 Å². The number of nitrogens with one attached hydrogen (secondary N) is 3. The molecule has 0 aliphatic carbocycles. The number of methoxy groups -OCH3 is 1. The maximum Gasteiger partial charge on any atom is 0.319 e. The number of carbonyl (C=O) groups excluding carboxylic acids is 2. The summed E-state index contributed by atoms with van der Waals surface area (Å²) in [5.41, 5.74) is 3.44. The summed E-state index contributed by atoms with van der Waals surface area (Å²) in [5.74, 6) is 0.489. The number of rotatable bonds is 7. The fourth-order valence-corrected chi connectivity index (χ4v) is 2.75. The van der Waals surface area contributed by atoms with E-state index in [4.69, 9.17) is 4.74 Å². The molecule has 0 saturated carbocycles. The lowest BCUT2D eigenvalue weighted by molar-refractivity contribution is 0.0954. The Morgan fingerprint density at radius 3 is 2.03 bits per heavy atom. The first kappa shape index (κ1) is 19.9. The van der Waals surface area contributed by atoms with Crippen LogP contribution >= 0.6 is 0 Å². The Balaban J connectivity index is 1.40. The number of hydrogen-bond donors (Lipinski definition) is 3.